The molecule has 0 N–H and O–H groups in total. The Labute approximate surface area is 302 Å². The minimum absolute atomic E-state index is 0.0253. The van der Waals surface area contributed by atoms with E-state index in [4.69, 9.17) is 19.4 Å². The Balaban J connectivity index is 1.10. The molecule has 2 aromatic heterocycles. The molecule has 0 radical (unpaired) electrons. The Bertz CT molecular complexity index is 1690. The Kier molecular flexibility index (Phi) is 9.50. The fraction of sp³-hybridized carbons (Fsp3) is 0.610. The fourth-order valence-electron chi connectivity index (χ4n) is 8.94. The zero-order valence-electron chi connectivity index (χ0n) is 30.8. The van der Waals surface area contributed by atoms with E-state index in [-0.39, 0.29) is 40.3 Å². The van der Waals surface area contributed by atoms with E-state index in [2.05, 4.69) is 58.9 Å². The van der Waals surface area contributed by atoms with Crippen molar-refractivity contribution in [3.05, 3.63) is 58.9 Å². The standard InChI is InChI=1S/C41H54N4O4S/c1-27-24-44(25-27)38(47)49-32-10-7-29(8-11-32)36(46)45(35-22-30(13-20-42-35)34-23-43-37(50-34)39(3,4)5)26-40-14-17-41(18-15-40,19-16-40)31-9-12-33(48-6)28(2)21-31/h9,12-13,20-23,27,29,32H,7-8,10-11,14-19,24-26H2,1-6H3/t29-,32-,40?,41?. The monoisotopic (exact) mass is 698 g/mol. The summed E-state index contributed by atoms with van der Waals surface area (Å²) in [7, 11) is 1.74. The third-order valence-electron chi connectivity index (χ3n) is 12.2. The van der Waals surface area contributed by atoms with E-state index < -0.39 is 0 Å². The largest absolute Gasteiger partial charge is 0.496 e. The first kappa shape index (κ1) is 35.0. The maximum Gasteiger partial charge on any atom is 0.410 e. The zero-order valence-corrected chi connectivity index (χ0v) is 31.6. The minimum Gasteiger partial charge on any atom is -0.496 e. The maximum atomic E-state index is 14.7. The van der Waals surface area contributed by atoms with Crippen LogP contribution in [0.15, 0.2) is 42.7 Å². The molecule has 8 nitrogen and oxygen atoms in total. The number of ether oxygens (including phenoxy) is 2. The highest BCUT2D eigenvalue weighted by Gasteiger charge is 2.51. The first-order chi connectivity index (χ1) is 23.9. The van der Waals surface area contributed by atoms with Crippen molar-refractivity contribution in [1.29, 1.82) is 0 Å². The van der Waals surface area contributed by atoms with Gasteiger partial charge in [0.1, 0.15) is 17.7 Å². The molecule has 3 heterocycles. The van der Waals surface area contributed by atoms with Crippen molar-refractivity contribution in [3.8, 4) is 16.2 Å². The van der Waals surface area contributed by atoms with Gasteiger partial charge in [-0.2, -0.15) is 0 Å². The molecule has 5 fully saturated rings. The molecular formula is C41H54N4O4S. The topological polar surface area (TPSA) is 84.9 Å². The molecular weight excluding hydrogens is 645 g/mol. The SMILES string of the molecule is COc1ccc(C23CCC(CN(c4cc(-c5cnc(C(C)(C)C)s5)ccn4)C(=O)[C@H]4CC[C@H](OC(=O)N5CC(C)C5)CC4)(CC2)CC3)cc1C. The maximum absolute atomic E-state index is 14.7. The Morgan fingerprint density at radius 1 is 0.980 bits per heavy atom. The van der Waals surface area contributed by atoms with Gasteiger partial charge >= 0.3 is 6.09 Å². The predicted molar refractivity (Wildman–Crippen MR) is 199 cm³/mol. The molecule has 1 aromatic carbocycles. The third-order valence-corrected chi connectivity index (χ3v) is 13.7. The second kappa shape index (κ2) is 13.6. The molecule has 50 heavy (non-hydrogen) atoms. The van der Waals surface area contributed by atoms with Crippen molar-refractivity contribution in [2.24, 2.45) is 17.3 Å². The van der Waals surface area contributed by atoms with Crippen molar-refractivity contribution in [2.75, 3.05) is 31.6 Å². The lowest BCUT2D eigenvalue weighted by atomic mass is 9.51. The third kappa shape index (κ3) is 6.91. The summed E-state index contributed by atoms with van der Waals surface area (Å²) in [6.45, 7) is 13.1. The van der Waals surface area contributed by atoms with Crippen LogP contribution in [0, 0.1) is 24.2 Å². The predicted octanol–water partition coefficient (Wildman–Crippen LogP) is 9.09. The van der Waals surface area contributed by atoms with Crippen LogP contribution >= 0.6 is 11.3 Å². The van der Waals surface area contributed by atoms with Crippen LogP contribution in [0.5, 0.6) is 5.75 Å². The van der Waals surface area contributed by atoms with Gasteiger partial charge in [-0.3, -0.25) is 9.69 Å². The van der Waals surface area contributed by atoms with Crippen molar-refractivity contribution in [3.63, 3.8) is 0 Å². The lowest BCUT2D eigenvalue weighted by Gasteiger charge is -2.55. The summed E-state index contributed by atoms with van der Waals surface area (Å²) in [6.07, 6.45) is 13.1. The molecule has 0 spiro atoms. The summed E-state index contributed by atoms with van der Waals surface area (Å²) in [5, 5.41) is 1.10. The van der Waals surface area contributed by atoms with E-state index in [1.807, 2.05) is 23.4 Å². The van der Waals surface area contributed by atoms with Gasteiger partial charge in [-0.1, -0.05) is 39.8 Å². The van der Waals surface area contributed by atoms with Gasteiger partial charge in [0, 0.05) is 43.4 Å². The molecule has 8 rings (SSSR count). The van der Waals surface area contributed by atoms with E-state index in [9.17, 15) is 9.59 Å². The number of pyridine rings is 1. The number of nitrogens with zero attached hydrogens (tertiary/aromatic N) is 4. The van der Waals surface area contributed by atoms with Gasteiger partial charge in [0.25, 0.3) is 0 Å². The van der Waals surface area contributed by atoms with Gasteiger partial charge in [-0.15, -0.1) is 11.3 Å². The summed E-state index contributed by atoms with van der Waals surface area (Å²) >= 11 is 1.71. The van der Waals surface area contributed by atoms with Crippen LogP contribution in [-0.4, -0.2) is 59.7 Å². The minimum atomic E-state index is -0.201. The van der Waals surface area contributed by atoms with E-state index in [1.54, 1.807) is 23.3 Å². The van der Waals surface area contributed by atoms with Crippen LogP contribution in [0.3, 0.4) is 0 Å². The van der Waals surface area contributed by atoms with Crippen molar-refractivity contribution in [2.45, 2.75) is 116 Å². The highest BCUT2D eigenvalue weighted by Crippen LogP contribution is 2.58. The number of hydrogen-bond donors (Lipinski definition) is 0. The average Bonchev–Trinajstić information content (AvgIpc) is 3.62. The molecule has 9 heteroatoms. The first-order valence-corrected chi connectivity index (χ1v) is 19.5. The van der Waals surface area contributed by atoms with Gasteiger partial charge in [0.15, 0.2) is 0 Å². The molecule has 2 bridgehead atoms. The normalized spacial score (nSPS) is 26.7. The van der Waals surface area contributed by atoms with Crippen LogP contribution < -0.4 is 9.64 Å². The van der Waals surface area contributed by atoms with E-state index >= 15 is 0 Å². The second-order valence-corrected chi connectivity index (χ2v) is 18.0. The number of anilines is 1. The number of benzene rings is 1. The van der Waals surface area contributed by atoms with E-state index in [0.29, 0.717) is 12.5 Å². The van der Waals surface area contributed by atoms with Gasteiger partial charge in [-0.25, -0.2) is 14.8 Å². The lowest BCUT2D eigenvalue weighted by molar-refractivity contribution is -0.124. The van der Waals surface area contributed by atoms with Crippen LogP contribution in [0.1, 0.15) is 108 Å². The molecule has 2 amide bonds. The molecule has 4 saturated carbocycles. The van der Waals surface area contributed by atoms with Crippen molar-refractivity contribution >= 4 is 29.2 Å². The number of likely N-dealkylation sites (tertiary alicyclic amines) is 1. The number of aromatic nitrogens is 2. The summed E-state index contributed by atoms with van der Waals surface area (Å²) in [5.41, 5.74) is 3.93. The van der Waals surface area contributed by atoms with Crippen molar-refractivity contribution in [1.82, 2.24) is 14.9 Å². The second-order valence-electron chi connectivity index (χ2n) is 16.9. The first-order valence-electron chi connectivity index (χ1n) is 18.7. The van der Waals surface area contributed by atoms with Gasteiger partial charge < -0.3 is 14.4 Å². The number of fused-ring (bicyclic) bond motifs is 3. The smallest absolute Gasteiger partial charge is 0.410 e. The zero-order chi connectivity index (χ0) is 35.3. The number of thiazole rings is 1. The van der Waals surface area contributed by atoms with Crippen LogP contribution in [-0.2, 0) is 20.4 Å². The molecule has 0 unspecified atom stereocenters. The van der Waals surface area contributed by atoms with Gasteiger partial charge in [0.05, 0.1) is 17.0 Å². The number of carbonyl (C=O) groups is 2. The fourth-order valence-corrected chi connectivity index (χ4v) is 9.91. The summed E-state index contributed by atoms with van der Waals surface area (Å²) in [4.78, 5) is 41.8. The number of carbonyl (C=O) groups excluding carboxylic acids is 2. The molecule has 5 aliphatic rings. The molecule has 4 aliphatic carbocycles. The highest BCUT2D eigenvalue weighted by atomic mass is 32.1. The molecule has 3 aromatic rings. The number of amides is 2. The Morgan fingerprint density at radius 3 is 2.28 bits per heavy atom. The lowest BCUT2D eigenvalue weighted by Crippen LogP contribution is -2.52. The molecule has 1 aliphatic heterocycles. The molecule has 268 valence electrons. The summed E-state index contributed by atoms with van der Waals surface area (Å²) < 4.78 is 11.4. The van der Waals surface area contributed by atoms with Gasteiger partial charge in [-0.05, 0) is 123 Å². The summed E-state index contributed by atoms with van der Waals surface area (Å²) in [5.74, 6) is 2.28. The van der Waals surface area contributed by atoms with E-state index in [0.717, 1.165) is 104 Å². The number of hydrogen-bond acceptors (Lipinski definition) is 7. The van der Waals surface area contributed by atoms with E-state index in [1.165, 1.54) is 11.1 Å². The van der Waals surface area contributed by atoms with Crippen LogP contribution in [0.4, 0.5) is 10.6 Å². The number of methoxy groups -OCH3 is 1. The number of aryl methyl sites for hydroxylation is 1. The average molecular weight is 699 g/mol. The molecule has 1 saturated heterocycles. The van der Waals surface area contributed by atoms with Crippen molar-refractivity contribution < 1.29 is 19.1 Å². The Morgan fingerprint density at radius 2 is 1.68 bits per heavy atom. The van der Waals surface area contributed by atoms with Crippen LogP contribution in [0.2, 0.25) is 0 Å². The quantitative estimate of drug-likeness (QED) is 0.233. The molecule has 0 atom stereocenters. The summed E-state index contributed by atoms with van der Waals surface area (Å²) in [6, 6.07) is 10.9. The van der Waals surface area contributed by atoms with Gasteiger partial charge in [0.2, 0.25) is 5.91 Å². The van der Waals surface area contributed by atoms with Crippen LogP contribution in [0.25, 0.3) is 10.4 Å². The number of rotatable bonds is 8. The highest BCUT2D eigenvalue weighted by molar-refractivity contribution is 7.15. The Hall–Kier alpha value is -3.46.